The van der Waals surface area contributed by atoms with Crippen molar-refractivity contribution in [2.45, 2.75) is 109 Å². The molecule has 0 radical (unpaired) electrons. The lowest BCUT2D eigenvalue weighted by Gasteiger charge is -2.38. The lowest BCUT2D eigenvalue weighted by atomic mass is 9.85. The van der Waals surface area contributed by atoms with E-state index in [0.717, 1.165) is 32.1 Å². The summed E-state index contributed by atoms with van der Waals surface area (Å²) in [6.45, 7) is 13.6. The van der Waals surface area contributed by atoms with E-state index in [1.807, 2.05) is 0 Å². The second kappa shape index (κ2) is 9.25. The van der Waals surface area contributed by atoms with Crippen LogP contribution in [-0.2, 0) is 4.43 Å². The van der Waals surface area contributed by atoms with Gasteiger partial charge in [-0.25, -0.2) is 0 Å². The van der Waals surface area contributed by atoms with Crippen LogP contribution in [0.3, 0.4) is 0 Å². The van der Waals surface area contributed by atoms with Crippen molar-refractivity contribution >= 4 is 8.32 Å². The molecule has 0 heterocycles. The number of hydrogen-bond donors (Lipinski definition) is 1. The van der Waals surface area contributed by atoms with Crippen molar-refractivity contribution in [3.05, 3.63) is 0 Å². The van der Waals surface area contributed by atoms with E-state index >= 15 is 0 Å². The van der Waals surface area contributed by atoms with Crippen LogP contribution in [0, 0.1) is 17.8 Å². The van der Waals surface area contributed by atoms with Gasteiger partial charge in [-0.1, -0.05) is 46.0 Å². The maximum Gasteiger partial charge on any atom is 0.192 e. The molecule has 1 rings (SSSR count). The molecule has 0 spiro atoms. The highest BCUT2D eigenvalue weighted by atomic mass is 28.4. The fourth-order valence-corrected chi connectivity index (χ4v) is 4.44. The minimum Gasteiger partial charge on any atom is -0.414 e. The average molecular weight is 339 g/mol. The Balaban J connectivity index is 2.25. The zero-order chi connectivity index (χ0) is 17.5. The first kappa shape index (κ1) is 20.7. The predicted molar refractivity (Wildman–Crippen MR) is 102 cm³/mol. The van der Waals surface area contributed by atoms with Gasteiger partial charge in [-0.3, -0.25) is 0 Å². The van der Waals surface area contributed by atoms with Crippen molar-refractivity contribution in [1.29, 1.82) is 0 Å². The van der Waals surface area contributed by atoms with E-state index in [9.17, 15) is 5.11 Å². The van der Waals surface area contributed by atoms with E-state index in [0.29, 0.717) is 12.0 Å². The molecule has 1 aliphatic rings. The smallest absolute Gasteiger partial charge is 0.192 e. The molecule has 0 aromatic heterocycles. The molecule has 134 valence electrons. The van der Waals surface area contributed by atoms with Gasteiger partial charge in [-0.05, 0) is 56.7 Å². The van der Waals surface area contributed by atoms with Crippen LogP contribution in [0.25, 0.3) is 0 Å². The Bertz CT molecular complexity index is 394. The molecular formula is C20H38O2Si. The van der Waals surface area contributed by atoms with Crippen molar-refractivity contribution in [2.24, 2.45) is 5.92 Å². The highest BCUT2D eigenvalue weighted by molar-refractivity contribution is 6.74. The largest absolute Gasteiger partial charge is 0.414 e. The van der Waals surface area contributed by atoms with Gasteiger partial charge in [-0.2, -0.15) is 0 Å². The van der Waals surface area contributed by atoms with Crippen LogP contribution in [0.4, 0.5) is 0 Å². The molecule has 0 aromatic carbocycles. The number of aliphatic hydroxyl groups is 1. The summed E-state index contributed by atoms with van der Waals surface area (Å²) in [6, 6.07) is 0. The summed E-state index contributed by atoms with van der Waals surface area (Å²) < 4.78 is 6.37. The first-order chi connectivity index (χ1) is 10.6. The highest BCUT2D eigenvalue weighted by Crippen LogP contribution is 2.37. The SMILES string of the molecule is C[C@@H](CCCC#C[C@@H](O)C1CCCCC1)O[Si](C)(C)C(C)(C)C. The van der Waals surface area contributed by atoms with Gasteiger partial charge < -0.3 is 9.53 Å². The van der Waals surface area contributed by atoms with E-state index in [-0.39, 0.29) is 5.04 Å². The molecule has 0 bridgehead atoms. The molecule has 1 fully saturated rings. The minimum absolute atomic E-state index is 0.269. The number of rotatable bonds is 6. The summed E-state index contributed by atoms with van der Waals surface area (Å²) in [5, 5.41) is 10.4. The topological polar surface area (TPSA) is 29.5 Å². The van der Waals surface area contributed by atoms with Crippen molar-refractivity contribution in [1.82, 2.24) is 0 Å². The van der Waals surface area contributed by atoms with Crippen molar-refractivity contribution in [3.63, 3.8) is 0 Å². The van der Waals surface area contributed by atoms with Crippen LogP contribution in [-0.4, -0.2) is 25.6 Å². The van der Waals surface area contributed by atoms with E-state index < -0.39 is 14.4 Å². The number of hydrogen-bond acceptors (Lipinski definition) is 2. The fourth-order valence-electron chi connectivity index (χ4n) is 2.96. The molecule has 2 atom stereocenters. The quantitative estimate of drug-likeness (QED) is 0.393. The van der Waals surface area contributed by atoms with Crippen molar-refractivity contribution in [3.8, 4) is 11.8 Å². The van der Waals surface area contributed by atoms with E-state index in [1.54, 1.807) is 0 Å². The predicted octanol–water partition coefficient (Wildman–Crippen LogP) is 5.51. The van der Waals surface area contributed by atoms with Gasteiger partial charge in [0.15, 0.2) is 8.32 Å². The summed E-state index contributed by atoms with van der Waals surface area (Å²) in [6.07, 6.45) is 9.01. The Labute approximate surface area is 145 Å². The normalized spacial score (nSPS) is 19.8. The average Bonchev–Trinajstić information content (AvgIpc) is 2.46. The summed E-state index contributed by atoms with van der Waals surface area (Å²) >= 11 is 0. The van der Waals surface area contributed by atoms with E-state index in [1.165, 1.54) is 19.3 Å². The molecule has 0 aromatic rings. The summed E-state index contributed by atoms with van der Waals surface area (Å²) in [4.78, 5) is 0. The maximum atomic E-state index is 10.1. The molecule has 1 aliphatic carbocycles. The summed E-state index contributed by atoms with van der Waals surface area (Å²) in [5.74, 6) is 6.67. The maximum absolute atomic E-state index is 10.1. The van der Waals surface area contributed by atoms with Gasteiger partial charge in [0, 0.05) is 12.5 Å². The third-order valence-electron chi connectivity index (χ3n) is 5.56. The van der Waals surface area contributed by atoms with Crippen LogP contribution >= 0.6 is 0 Å². The lowest BCUT2D eigenvalue weighted by Crippen LogP contribution is -2.43. The first-order valence-electron chi connectivity index (χ1n) is 9.48. The molecule has 0 amide bonds. The second-order valence-corrected chi connectivity index (χ2v) is 13.5. The van der Waals surface area contributed by atoms with Gasteiger partial charge in [0.05, 0.1) is 0 Å². The highest BCUT2D eigenvalue weighted by Gasteiger charge is 2.38. The first-order valence-corrected chi connectivity index (χ1v) is 12.4. The van der Waals surface area contributed by atoms with Crippen LogP contribution in [0.15, 0.2) is 0 Å². The van der Waals surface area contributed by atoms with Gasteiger partial charge in [-0.15, -0.1) is 5.92 Å². The Morgan fingerprint density at radius 1 is 1.17 bits per heavy atom. The van der Waals surface area contributed by atoms with Crippen LogP contribution in [0.5, 0.6) is 0 Å². The van der Waals surface area contributed by atoms with E-state index in [2.05, 4.69) is 52.6 Å². The van der Waals surface area contributed by atoms with Crippen LogP contribution in [0.1, 0.15) is 79.1 Å². The number of aliphatic hydroxyl groups excluding tert-OH is 1. The van der Waals surface area contributed by atoms with Crippen LogP contribution < -0.4 is 0 Å². The molecule has 0 aliphatic heterocycles. The molecule has 2 nitrogen and oxygen atoms in total. The summed E-state index contributed by atoms with van der Waals surface area (Å²) in [7, 11) is -1.65. The zero-order valence-corrected chi connectivity index (χ0v) is 17.2. The van der Waals surface area contributed by atoms with Gasteiger partial charge >= 0.3 is 0 Å². The van der Waals surface area contributed by atoms with Crippen molar-refractivity contribution in [2.75, 3.05) is 0 Å². The molecular weight excluding hydrogens is 300 g/mol. The zero-order valence-electron chi connectivity index (χ0n) is 16.2. The Morgan fingerprint density at radius 3 is 2.35 bits per heavy atom. The van der Waals surface area contributed by atoms with E-state index in [4.69, 9.17) is 4.43 Å². The Kier molecular flexibility index (Phi) is 8.34. The van der Waals surface area contributed by atoms with Crippen molar-refractivity contribution < 1.29 is 9.53 Å². The summed E-state index contributed by atoms with van der Waals surface area (Å²) in [5.41, 5.74) is 0. The fraction of sp³-hybridized carbons (Fsp3) is 0.900. The van der Waals surface area contributed by atoms with Crippen LogP contribution in [0.2, 0.25) is 18.1 Å². The Hall–Kier alpha value is -0.303. The van der Waals surface area contributed by atoms with Gasteiger partial charge in [0.1, 0.15) is 6.10 Å². The Morgan fingerprint density at radius 2 is 1.78 bits per heavy atom. The third kappa shape index (κ3) is 7.41. The lowest BCUT2D eigenvalue weighted by molar-refractivity contribution is 0.133. The standard InChI is InChI=1S/C20H38O2Si/c1-17(22-23(5,6)20(2,3)4)13-9-7-12-16-19(21)18-14-10-8-11-15-18/h17-19,21H,7-11,13-15H2,1-6H3/t17-,19+/m0/s1. The number of unbranched alkanes of at least 4 members (excludes halogenated alkanes) is 1. The molecule has 0 saturated heterocycles. The third-order valence-corrected chi connectivity index (χ3v) is 10.2. The minimum atomic E-state index is -1.65. The van der Waals surface area contributed by atoms with Gasteiger partial charge in [0.2, 0.25) is 0 Å². The molecule has 3 heteroatoms. The molecule has 23 heavy (non-hydrogen) atoms. The molecule has 1 saturated carbocycles. The monoisotopic (exact) mass is 338 g/mol. The molecule has 1 N–H and O–H groups in total. The van der Waals surface area contributed by atoms with Gasteiger partial charge in [0.25, 0.3) is 0 Å². The molecule has 0 unspecified atom stereocenters. The second-order valence-electron chi connectivity index (χ2n) is 8.75.